The van der Waals surface area contributed by atoms with E-state index in [-0.39, 0.29) is 11.7 Å². The maximum Gasteiger partial charge on any atom is 0.255 e. The van der Waals surface area contributed by atoms with Crippen LogP contribution in [0.5, 0.6) is 5.75 Å². The first-order valence-electron chi connectivity index (χ1n) is 6.26. The third kappa shape index (κ3) is 3.02. The van der Waals surface area contributed by atoms with Crippen LogP contribution in [0.4, 0.5) is 5.69 Å². The SMILES string of the molecule is Cc1cc(NC(=O)c2cc(Br)ccc2C)c(C)cc1O. The summed E-state index contributed by atoms with van der Waals surface area (Å²) in [5.41, 5.74) is 3.82. The predicted molar refractivity (Wildman–Crippen MR) is 84.4 cm³/mol. The fourth-order valence-electron chi connectivity index (χ4n) is 1.96. The number of aromatic hydroxyl groups is 1. The van der Waals surface area contributed by atoms with Crippen LogP contribution in [0.2, 0.25) is 0 Å². The van der Waals surface area contributed by atoms with Crippen LogP contribution in [0, 0.1) is 20.8 Å². The highest BCUT2D eigenvalue weighted by atomic mass is 79.9. The highest BCUT2D eigenvalue weighted by Crippen LogP contribution is 2.26. The lowest BCUT2D eigenvalue weighted by Crippen LogP contribution is -2.14. The number of amides is 1. The van der Waals surface area contributed by atoms with Gasteiger partial charge in [-0.15, -0.1) is 0 Å². The largest absolute Gasteiger partial charge is 0.508 e. The number of rotatable bonds is 2. The second-order valence-electron chi connectivity index (χ2n) is 4.87. The molecular formula is C16H16BrNO2. The Morgan fingerprint density at radius 1 is 1.05 bits per heavy atom. The normalized spacial score (nSPS) is 10.4. The van der Waals surface area contributed by atoms with Gasteiger partial charge in [0.25, 0.3) is 5.91 Å². The Kier molecular flexibility index (Phi) is 4.14. The van der Waals surface area contributed by atoms with Crippen molar-refractivity contribution in [2.24, 2.45) is 0 Å². The number of phenolic OH excluding ortho intramolecular Hbond substituents is 1. The van der Waals surface area contributed by atoms with Crippen molar-refractivity contribution >= 4 is 27.5 Å². The standard InChI is InChI=1S/C16H16BrNO2/c1-9-4-5-12(17)8-13(9)16(20)18-14-6-11(3)15(19)7-10(14)2/h4-8,19H,1-3H3,(H,18,20). The molecule has 0 bridgehead atoms. The number of aryl methyl sites for hydroxylation is 3. The second-order valence-corrected chi connectivity index (χ2v) is 5.78. The van der Waals surface area contributed by atoms with Gasteiger partial charge in [0.05, 0.1) is 0 Å². The lowest BCUT2D eigenvalue weighted by molar-refractivity contribution is 0.102. The fraction of sp³-hybridized carbons (Fsp3) is 0.188. The molecule has 2 N–H and O–H groups in total. The number of carbonyl (C=O) groups is 1. The van der Waals surface area contributed by atoms with Gasteiger partial charge in [-0.3, -0.25) is 4.79 Å². The summed E-state index contributed by atoms with van der Waals surface area (Å²) in [5, 5.41) is 12.5. The first-order chi connectivity index (χ1) is 9.38. The Bertz CT molecular complexity index is 680. The van der Waals surface area contributed by atoms with Crippen molar-refractivity contribution in [1.29, 1.82) is 0 Å². The Morgan fingerprint density at radius 3 is 2.45 bits per heavy atom. The summed E-state index contributed by atoms with van der Waals surface area (Å²) >= 11 is 3.37. The van der Waals surface area contributed by atoms with Gasteiger partial charge in [0.1, 0.15) is 5.75 Å². The number of halogens is 1. The summed E-state index contributed by atoms with van der Waals surface area (Å²) in [6.07, 6.45) is 0. The van der Waals surface area contributed by atoms with E-state index in [1.807, 2.05) is 26.0 Å². The molecule has 0 spiro atoms. The van der Waals surface area contributed by atoms with Crippen LogP contribution in [0.15, 0.2) is 34.8 Å². The van der Waals surface area contributed by atoms with Crippen LogP contribution in [-0.2, 0) is 0 Å². The number of carbonyl (C=O) groups excluding carboxylic acids is 1. The number of benzene rings is 2. The Balaban J connectivity index is 2.32. The van der Waals surface area contributed by atoms with E-state index in [0.29, 0.717) is 11.3 Å². The van der Waals surface area contributed by atoms with E-state index >= 15 is 0 Å². The summed E-state index contributed by atoms with van der Waals surface area (Å²) in [4.78, 5) is 12.3. The zero-order chi connectivity index (χ0) is 14.9. The topological polar surface area (TPSA) is 49.3 Å². The van der Waals surface area contributed by atoms with E-state index < -0.39 is 0 Å². The average molecular weight is 334 g/mol. The maximum absolute atomic E-state index is 12.3. The van der Waals surface area contributed by atoms with Crippen LogP contribution in [-0.4, -0.2) is 11.0 Å². The lowest BCUT2D eigenvalue weighted by Gasteiger charge is -2.12. The highest BCUT2D eigenvalue weighted by Gasteiger charge is 2.12. The van der Waals surface area contributed by atoms with Gasteiger partial charge in [0.15, 0.2) is 0 Å². The Hall–Kier alpha value is -1.81. The van der Waals surface area contributed by atoms with Gasteiger partial charge in [-0.1, -0.05) is 22.0 Å². The van der Waals surface area contributed by atoms with Crippen molar-refractivity contribution in [1.82, 2.24) is 0 Å². The number of anilines is 1. The van der Waals surface area contributed by atoms with Gasteiger partial charge in [-0.2, -0.15) is 0 Å². The maximum atomic E-state index is 12.3. The monoisotopic (exact) mass is 333 g/mol. The van der Waals surface area contributed by atoms with Crippen molar-refractivity contribution in [2.75, 3.05) is 5.32 Å². The molecule has 0 saturated heterocycles. The summed E-state index contributed by atoms with van der Waals surface area (Å²) in [6, 6.07) is 9.03. The molecule has 0 unspecified atom stereocenters. The van der Waals surface area contributed by atoms with Gasteiger partial charge >= 0.3 is 0 Å². The molecule has 0 aliphatic carbocycles. The molecule has 0 aliphatic rings. The van der Waals surface area contributed by atoms with Gasteiger partial charge < -0.3 is 10.4 Å². The molecule has 4 heteroatoms. The molecule has 0 radical (unpaired) electrons. The van der Waals surface area contributed by atoms with E-state index in [4.69, 9.17) is 0 Å². The van der Waals surface area contributed by atoms with Crippen molar-refractivity contribution in [3.05, 3.63) is 57.1 Å². The zero-order valence-electron chi connectivity index (χ0n) is 11.6. The van der Waals surface area contributed by atoms with Crippen molar-refractivity contribution in [3.63, 3.8) is 0 Å². The molecule has 20 heavy (non-hydrogen) atoms. The van der Waals surface area contributed by atoms with Crippen molar-refractivity contribution in [2.45, 2.75) is 20.8 Å². The third-order valence-corrected chi connectivity index (χ3v) is 3.73. The van der Waals surface area contributed by atoms with Gasteiger partial charge in [0.2, 0.25) is 0 Å². The molecule has 2 aromatic rings. The van der Waals surface area contributed by atoms with E-state index in [0.717, 1.165) is 21.2 Å². The molecule has 0 atom stereocenters. The lowest BCUT2D eigenvalue weighted by atomic mass is 10.1. The predicted octanol–water partition coefficient (Wildman–Crippen LogP) is 4.33. The van der Waals surface area contributed by atoms with Crippen LogP contribution in [0.1, 0.15) is 27.0 Å². The minimum Gasteiger partial charge on any atom is -0.508 e. The molecule has 104 valence electrons. The molecular weight excluding hydrogens is 318 g/mol. The van der Waals surface area contributed by atoms with E-state index in [1.165, 1.54) is 0 Å². The zero-order valence-corrected chi connectivity index (χ0v) is 13.2. The molecule has 0 fully saturated rings. The van der Waals surface area contributed by atoms with Gasteiger partial charge in [0, 0.05) is 15.7 Å². The molecule has 0 aliphatic heterocycles. The summed E-state index contributed by atoms with van der Waals surface area (Å²) < 4.78 is 0.867. The molecule has 2 aromatic carbocycles. The highest BCUT2D eigenvalue weighted by molar-refractivity contribution is 9.10. The summed E-state index contributed by atoms with van der Waals surface area (Å²) in [5.74, 6) is 0.0797. The first kappa shape index (κ1) is 14.6. The van der Waals surface area contributed by atoms with Crippen LogP contribution >= 0.6 is 15.9 Å². The summed E-state index contributed by atoms with van der Waals surface area (Å²) in [7, 11) is 0. The molecule has 1 amide bonds. The molecule has 0 saturated carbocycles. The van der Waals surface area contributed by atoms with Crippen LogP contribution in [0.25, 0.3) is 0 Å². The average Bonchev–Trinajstić information content (AvgIpc) is 2.38. The second kappa shape index (κ2) is 5.67. The molecule has 3 nitrogen and oxygen atoms in total. The van der Waals surface area contributed by atoms with Crippen molar-refractivity contribution < 1.29 is 9.90 Å². The number of hydrogen-bond donors (Lipinski definition) is 2. The van der Waals surface area contributed by atoms with E-state index in [2.05, 4.69) is 21.2 Å². The number of phenols is 1. The Morgan fingerprint density at radius 2 is 1.75 bits per heavy atom. The Labute approximate surface area is 126 Å². The minimum absolute atomic E-state index is 0.156. The van der Waals surface area contributed by atoms with E-state index in [9.17, 15) is 9.90 Å². The number of nitrogens with one attached hydrogen (secondary N) is 1. The fourth-order valence-corrected chi connectivity index (χ4v) is 2.33. The quantitative estimate of drug-likeness (QED) is 0.803. The third-order valence-electron chi connectivity index (χ3n) is 3.24. The first-order valence-corrected chi connectivity index (χ1v) is 7.05. The van der Waals surface area contributed by atoms with Crippen LogP contribution < -0.4 is 5.32 Å². The smallest absolute Gasteiger partial charge is 0.255 e. The molecule has 0 aromatic heterocycles. The van der Waals surface area contributed by atoms with E-state index in [1.54, 1.807) is 25.1 Å². The summed E-state index contributed by atoms with van der Waals surface area (Å²) in [6.45, 7) is 5.55. The minimum atomic E-state index is -0.156. The molecule has 2 rings (SSSR count). The number of hydrogen-bond acceptors (Lipinski definition) is 2. The molecule has 0 heterocycles. The van der Waals surface area contributed by atoms with Gasteiger partial charge in [-0.25, -0.2) is 0 Å². The van der Waals surface area contributed by atoms with Crippen LogP contribution in [0.3, 0.4) is 0 Å². The van der Waals surface area contributed by atoms with Gasteiger partial charge in [-0.05, 0) is 61.7 Å². The van der Waals surface area contributed by atoms with Crippen molar-refractivity contribution in [3.8, 4) is 5.75 Å².